The van der Waals surface area contributed by atoms with Gasteiger partial charge in [0.15, 0.2) is 0 Å². The minimum Gasteiger partial charge on any atom is -0.473 e. The molecule has 22 heavy (non-hydrogen) atoms. The molecule has 2 heterocycles. The molecule has 0 saturated carbocycles. The second-order valence-corrected chi connectivity index (χ2v) is 6.48. The van der Waals surface area contributed by atoms with Crippen LogP contribution in [0.1, 0.15) is 16.8 Å². The predicted octanol–water partition coefficient (Wildman–Crippen LogP) is 3.87. The zero-order valence-electron chi connectivity index (χ0n) is 11.8. The van der Waals surface area contributed by atoms with Gasteiger partial charge in [0, 0.05) is 23.6 Å². The van der Waals surface area contributed by atoms with Crippen molar-refractivity contribution in [3.8, 4) is 5.88 Å². The summed E-state index contributed by atoms with van der Waals surface area (Å²) in [5, 5.41) is 3.29. The van der Waals surface area contributed by atoms with Crippen LogP contribution in [0.5, 0.6) is 5.88 Å². The molecule has 1 N–H and O–H groups in total. The van der Waals surface area contributed by atoms with Crippen molar-refractivity contribution in [3.05, 3.63) is 53.2 Å². The number of rotatable bonds is 4. The Bertz CT molecular complexity index is 675. The maximum absolute atomic E-state index is 12.3. The Hall–Kier alpha value is -1.72. The van der Waals surface area contributed by atoms with Gasteiger partial charge < -0.3 is 10.1 Å². The van der Waals surface area contributed by atoms with Crippen LogP contribution in [0.25, 0.3) is 0 Å². The number of benzene rings is 1. The van der Waals surface area contributed by atoms with E-state index in [4.69, 9.17) is 16.3 Å². The van der Waals surface area contributed by atoms with E-state index in [0.717, 1.165) is 17.9 Å². The molecule has 0 spiro atoms. The first kappa shape index (κ1) is 15.2. The SMILES string of the molecule is O=C(Nc1ccccc1Cl)c1ccnc(OC2CCSC2)c1. The first-order valence-electron chi connectivity index (χ1n) is 6.99. The molecular weight excluding hydrogens is 320 g/mol. The van der Waals surface area contributed by atoms with Crippen molar-refractivity contribution in [2.45, 2.75) is 12.5 Å². The quantitative estimate of drug-likeness (QED) is 0.922. The Balaban J connectivity index is 1.71. The second-order valence-electron chi connectivity index (χ2n) is 4.92. The third-order valence-electron chi connectivity index (χ3n) is 3.29. The highest BCUT2D eigenvalue weighted by Gasteiger charge is 2.18. The van der Waals surface area contributed by atoms with Crippen LogP contribution in [0, 0.1) is 0 Å². The minimum atomic E-state index is -0.235. The van der Waals surface area contributed by atoms with Gasteiger partial charge >= 0.3 is 0 Å². The monoisotopic (exact) mass is 334 g/mol. The summed E-state index contributed by atoms with van der Waals surface area (Å²) < 4.78 is 5.80. The van der Waals surface area contributed by atoms with E-state index in [1.807, 2.05) is 23.9 Å². The van der Waals surface area contributed by atoms with Crippen molar-refractivity contribution in [2.24, 2.45) is 0 Å². The molecule has 0 bridgehead atoms. The Morgan fingerprint density at radius 1 is 1.36 bits per heavy atom. The molecule has 1 saturated heterocycles. The molecule has 1 fully saturated rings. The van der Waals surface area contributed by atoms with Crippen LogP contribution in [-0.4, -0.2) is 28.5 Å². The number of thioether (sulfide) groups is 1. The van der Waals surface area contributed by atoms with E-state index < -0.39 is 0 Å². The lowest BCUT2D eigenvalue weighted by Crippen LogP contribution is -2.17. The van der Waals surface area contributed by atoms with Gasteiger partial charge in [-0.1, -0.05) is 23.7 Å². The van der Waals surface area contributed by atoms with E-state index in [2.05, 4.69) is 10.3 Å². The van der Waals surface area contributed by atoms with E-state index in [0.29, 0.717) is 22.2 Å². The van der Waals surface area contributed by atoms with Crippen LogP contribution >= 0.6 is 23.4 Å². The van der Waals surface area contributed by atoms with Gasteiger partial charge in [0.25, 0.3) is 5.91 Å². The standard InChI is InChI=1S/C16H15ClN2O2S/c17-13-3-1-2-4-14(13)19-16(20)11-5-7-18-15(9-11)21-12-6-8-22-10-12/h1-5,7,9,12H,6,8,10H2,(H,19,20). The molecule has 1 aliphatic heterocycles. The number of nitrogens with zero attached hydrogens (tertiary/aromatic N) is 1. The van der Waals surface area contributed by atoms with Crippen molar-refractivity contribution in [3.63, 3.8) is 0 Å². The molecule has 3 rings (SSSR count). The van der Waals surface area contributed by atoms with Crippen LogP contribution in [-0.2, 0) is 0 Å². The molecule has 114 valence electrons. The molecule has 1 unspecified atom stereocenters. The molecule has 0 radical (unpaired) electrons. The van der Waals surface area contributed by atoms with Crippen molar-refractivity contribution in [2.75, 3.05) is 16.8 Å². The van der Waals surface area contributed by atoms with E-state index in [1.54, 1.807) is 30.5 Å². The summed E-state index contributed by atoms with van der Waals surface area (Å²) in [7, 11) is 0. The molecular formula is C16H15ClN2O2S. The predicted molar refractivity (Wildman–Crippen MR) is 90.0 cm³/mol. The number of amides is 1. The Labute approximate surface area is 138 Å². The number of nitrogens with one attached hydrogen (secondary N) is 1. The van der Waals surface area contributed by atoms with Gasteiger partial charge in [-0.25, -0.2) is 4.98 Å². The average Bonchev–Trinajstić information content (AvgIpc) is 3.03. The summed E-state index contributed by atoms with van der Waals surface area (Å²) in [6, 6.07) is 10.4. The number of para-hydroxylation sites is 1. The first-order valence-corrected chi connectivity index (χ1v) is 8.52. The van der Waals surface area contributed by atoms with Crippen LogP contribution in [0.15, 0.2) is 42.6 Å². The van der Waals surface area contributed by atoms with E-state index >= 15 is 0 Å². The molecule has 4 nitrogen and oxygen atoms in total. The zero-order valence-corrected chi connectivity index (χ0v) is 13.4. The van der Waals surface area contributed by atoms with Crippen LogP contribution in [0.4, 0.5) is 5.69 Å². The molecule has 1 aromatic carbocycles. The second kappa shape index (κ2) is 7.03. The van der Waals surface area contributed by atoms with Gasteiger partial charge in [-0.2, -0.15) is 11.8 Å². The molecule has 1 aliphatic rings. The highest BCUT2D eigenvalue weighted by atomic mass is 35.5. The fraction of sp³-hybridized carbons (Fsp3) is 0.250. The summed E-state index contributed by atoms with van der Waals surface area (Å²) in [5.41, 5.74) is 1.08. The lowest BCUT2D eigenvalue weighted by molar-refractivity contribution is 0.102. The number of carbonyl (C=O) groups excluding carboxylic acids is 1. The summed E-state index contributed by atoms with van der Waals surface area (Å²) in [6.07, 6.45) is 2.78. The van der Waals surface area contributed by atoms with Crippen LogP contribution in [0.2, 0.25) is 5.02 Å². The summed E-state index contributed by atoms with van der Waals surface area (Å²) in [4.78, 5) is 16.5. The third-order valence-corrected chi connectivity index (χ3v) is 4.76. The molecule has 6 heteroatoms. The smallest absolute Gasteiger partial charge is 0.255 e. The summed E-state index contributed by atoms with van der Waals surface area (Å²) >= 11 is 7.91. The highest BCUT2D eigenvalue weighted by molar-refractivity contribution is 7.99. The summed E-state index contributed by atoms with van der Waals surface area (Å²) in [6.45, 7) is 0. The van der Waals surface area contributed by atoms with Crippen LogP contribution in [0.3, 0.4) is 0 Å². The van der Waals surface area contributed by atoms with Crippen molar-refractivity contribution >= 4 is 35.0 Å². The first-order chi connectivity index (χ1) is 10.7. The number of carbonyl (C=O) groups is 1. The lowest BCUT2D eigenvalue weighted by Gasteiger charge is -2.12. The molecule has 1 aromatic heterocycles. The number of aromatic nitrogens is 1. The normalized spacial score (nSPS) is 17.2. The number of pyridine rings is 1. The minimum absolute atomic E-state index is 0.180. The van der Waals surface area contributed by atoms with Crippen molar-refractivity contribution < 1.29 is 9.53 Å². The van der Waals surface area contributed by atoms with Crippen molar-refractivity contribution in [1.29, 1.82) is 0 Å². The average molecular weight is 335 g/mol. The van der Waals surface area contributed by atoms with Gasteiger partial charge in [-0.05, 0) is 30.4 Å². The van der Waals surface area contributed by atoms with Gasteiger partial charge in [-0.15, -0.1) is 0 Å². The van der Waals surface area contributed by atoms with E-state index in [-0.39, 0.29) is 12.0 Å². The topological polar surface area (TPSA) is 51.2 Å². The number of hydrogen-bond acceptors (Lipinski definition) is 4. The molecule has 2 aromatic rings. The molecule has 0 aliphatic carbocycles. The fourth-order valence-corrected chi connectivity index (χ4v) is 3.43. The van der Waals surface area contributed by atoms with Gasteiger partial charge in [0.2, 0.25) is 5.88 Å². The maximum atomic E-state index is 12.3. The van der Waals surface area contributed by atoms with E-state index in [1.165, 1.54) is 0 Å². The van der Waals surface area contributed by atoms with Gasteiger partial charge in [-0.3, -0.25) is 4.79 Å². The van der Waals surface area contributed by atoms with Gasteiger partial charge in [0.05, 0.1) is 10.7 Å². The summed E-state index contributed by atoms with van der Waals surface area (Å²) in [5.74, 6) is 2.33. The number of anilines is 1. The van der Waals surface area contributed by atoms with Gasteiger partial charge in [0.1, 0.15) is 6.10 Å². The van der Waals surface area contributed by atoms with E-state index in [9.17, 15) is 4.79 Å². The Morgan fingerprint density at radius 2 is 2.23 bits per heavy atom. The van der Waals surface area contributed by atoms with Crippen molar-refractivity contribution in [1.82, 2.24) is 4.98 Å². The highest BCUT2D eigenvalue weighted by Crippen LogP contribution is 2.24. The maximum Gasteiger partial charge on any atom is 0.255 e. The largest absolute Gasteiger partial charge is 0.473 e. The molecule has 1 atom stereocenters. The number of ether oxygens (including phenoxy) is 1. The molecule has 1 amide bonds. The zero-order chi connectivity index (χ0) is 15.4. The lowest BCUT2D eigenvalue weighted by atomic mass is 10.2. The van der Waals surface area contributed by atoms with Crippen LogP contribution < -0.4 is 10.1 Å². The fourth-order valence-electron chi connectivity index (χ4n) is 2.15. The Morgan fingerprint density at radius 3 is 3.00 bits per heavy atom. The number of hydrogen-bond donors (Lipinski definition) is 1. The Kier molecular flexibility index (Phi) is 4.85. The number of halogens is 1. The third kappa shape index (κ3) is 3.72.